The van der Waals surface area contributed by atoms with E-state index in [4.69, 9.17) is 4.74 Å². The molecule has 0 unspecified atom stereocenters. The molecule has 0 aliphatic carbocycles. The lowest BCUT2D eigenvalue weighted by Crippen LogP contribution is -2.57. The summed E-state index contributed by atoms with van der Waals surface area (Å²) < 4.78 is 60.6. The number of nitrogens with one attached hydrogen (secondary N) is 1. The number of carboxylic acid groups (broad SMARTS) is 1. The monoisotopic (exact) mass is 604 g/mol. The number of para-hydroxylation sites is 1. The van der Waals surface area contributed by atoms with E-state index in [0.717, 1.165) is 22.2 Å². The lowest BCUT2D eigenvalue weighted by atomic mass is 10.1. The summed E-state index contributed by atoms with van der Waals surface area (Å²) in [4.78, 5) is 18.1. The number of hydrogen-bond acceptors (Lipinski definition) is 8. The van der Waals surface area contributed by atoms with Crippen molar-refractivity contribution >= 4 is 36.9 Å². The second-order valence-electron chi connectivity index (χ2n) is 10.5. The first-order valence-electron chi connectivity index (χ1n) is 13.4. The smallest absolute Gasteiger partial charge is 0.322 e. The molecule has 4 rings (SSSR count). The maximum atomic E-state index is 12.9. The van der Waals surface area contributed by atoms with Gasteiger partial charge in [0.05, 0.1) is 16.2 Å². The van der Waals surface area contributed by atoms with E-state index in [1.165, 1.54) is 16.4 Å². The van der Waals surface area contributed by atoms with Gasteiger partial charge in [-0.1, -0.05) is 32.0 Å². The summed E-state index contributed by atoms with van der Waals surface area (Å²) in [7, 11) is -7.43. The standard InChI is InChI=1S/C28H36N4O7S2/c1-20(2)19-40(35,36)32-14-12-31(13-15-32)27(28(33)34)17-29-41(37,38)24-10-8-23(9-11-24)39-18-22-16-21(3)30-26-7-5-4-6-25(22)26/h4-11,16,20,27,29H,12-15,17-19H2,1-3H3,(H,33,34)/t27-/m0/s1. The number of ether oxygens (including phenoxy) is 1. The Morgan fingerprint density at radius 1 is 1.02 bits per heavy atom. The van der Waals surface area contributed by atoms with Gasteiger partial charge >= 0.3 is 5.97 Å². The molecule has 2 heterocycles. The lowest BCUT2D eigenvalue weighted by molar-refractivity contribution is -0.143. The van der Waals surface area contributed by atoms with Crippen molar-refractivity contribution in [1.82, 2.24) is 18.9 Å². The largest absolute Gasteiger partial charge is 0.489 e. The fraction of sp³-hybridized carbons (Fsp3) is 0.429. The average Bonchev–Trinajstić information content (AvgIpc) is 2.91. The average molecular weight is 605 g/mol. The third-order valence-corrected chi connectivity index (χ3v) is 10.5. The van der Waals surface area contributed by atoms with Gasteiger partial charge in [-0.25, -0.2) is 21.6 Å². The molecule has 0 spiro atoms. The Morgan fingerprint density at radius 2 is 1.68 bits per heavy atom. The maximum Gasteiger partial charge on any atom is 0.322 e. The van der Waals surface area contributed by atoms with Gasteiger partial charge in [0.15, 0.2) is 0 Å². The fourth-order valence-corrected chi connectivity index (χ4v) is 7.67. The normalized spacial score (nSPS) is 16.2. The Labute approximate surface area is 241 Å². The number of carbonyl (C=O) groups is 1. The predicted molar refractivity (Wildman–Crippen MR) is 156 cm³/mol. The summed E-state index contributed by atoms with van der Waals surface area (Å²) >= 11 is 0. The van der Waals surface area contributed by atoms with Crippen LogP contribution >= 0.6 is 0 Å². The molecule has 1 fully saturated rings. The maximum absolute atomic E-state index is 12.9. The number of hydrogen-bond donors (Lipinski definition) is 2. The third-order valence-electron chi connectivity index (χ3n) is 6.86. The number of rotatable bonds is 12. The number of aromatic nitrogens is 1. The molecule has 1 aliphatic rings. The predicted octanol–water partition coefficient (Wildman–Crippen LogP) is 2.46. The molecule has 41 heavy (non-hydrogen) atoms. The van der Waals surface area contributed by atoms with Crippen molar-refractivity contribution in [2.45, 2.75) is 38.3 Å². The number of sulfonamides is 2. The molecule has 0 bridgehead atoms. The molecule has 11 nitrogen and oxygen atoms in total. The highest BCUT2D eigenvalue weighted by atomic mass is 32.2. The molecule has 0 saturated carbocycles. The topological polar surface area (TPSA) is 146 Å². The van der Waals surface area contributed by atoms with Gasteiger partial charge in [0.1, 0.15) is 18.4 Å². The molecule has 1 aromatic heterocycles. The van der Waals surface area contributed by atoms with E-state index in [2.05, 4.69) is 9.71 Å². The van der Waals surface area contributed by atoms with Crippen molar-refractivity contribution in [3.8, 4) is 5.75 Å². The van der Waals surface area contributed by atoms with E-state index >= 15 is 0 Å². The van der Waals surface area contributed by atoms with E-state index < -0.39 is 32.1 Å². The number of fused-ring (bicyclic) bond motifs is 1. The summed E-state index contributed by atoms with van der Waals surface area (Å²) in [6.45, 7) is 6.17. The lowest BCUT2D eigenvalue weighted by Gasteiger charge is -2.37. The summed E-state index contributed by atoms with van der Waals surface area (Å²) in [6, 6.07) is 14.5. The van der Waals surface area contributed by atoms with Crippen molar-refractivity contribution < 1.29 is 31.5 Å². The molecule has 2 aromatic carbocycles. The van der Waals surface area contributed by atoms with E-state index in [-0.39, 0.29) is 55.9 Å². The van der Waals surface area contributed by atoms with Crippen LogP contribution < -0.4 is 9.46 Å². The minimum absolute atomic E-state index is 0.0224. The van der Waals surface area contributed by atoms with Crippen molar-refractivity contribution in [1.29, 1.82) is 0 Å². The zero-order valence-corrected chi connectivity index (χ0v) is 25.0. The van der Waals surface area contributed by atoms with E-state index in [0.29, 0.717) is 5.75 Å². The Balaban J connectivity index is 1.35. The highest BCUT2D eigenvalue weighted by Gasteiger charge is 2.34. The first-order valence-corrected chi connectivity index (χ1v) is 16.5. The second-order valence-corrected chi connectivity index (χ2v) is 14.3. The van der Waals surface area contributed by atoms with Crippen LogP contribution in [0.3, 0.4) is 0 Å². The zero-order chi connectivity index (χ0) is 29.8. The van der Waals surface area contributed by atoms with Gasteiger partial charge in [-0.3, -0.25) is 14.7 Å². The number of benzene rings is 2. The molecule has 13 heteroatoms. The molecule has 222 valence electrons. The van der Waals surface area contributed by atoms with Gasteiger partial charge in [-0.15, -0.1) is 0 Å². The van der Waals surface area contributed by atoms with Crippen LogP contribution in [0.15, 0.2) is 59.5 Å². The first-order chi connectivity index (χ1) is 19.4. The van der Waals surface area contributed by atoms with Crippen molar-refractivity contribution in [2.75, 3.05) is 38.5 Å². The Kier molecular flexibility index (Phi) is 9.65. The molecule has 1 atom stereocenters. The molecule has 1 saturated heterocycles. The highest BCUT2D eigenvalue weighted by molar-refractivity contribution is 7.89. The number of nitrogens with zero attached hydrogens (tertiary/aromatic N) is 3. The molecule has 0 amide bonds. The van der Waals surface area contributed by atoms with Crippen LogP contribution in [0, 0.1) is 12.8 Å². The van der Waals surface area contributed by atoms with Gasteiger partial charge in [0.2, 0.25) is 20.0 Å². The third kappa shape index (κ3) is 7.80. The van der Waals surface area contributed by atoms with Gasteiger partial charge < -0.3 is 9.84 Å². The van der Waals surface area contributed by atoms with Crippen LogP contribution in [-0.2, 0) is 31.4 Å². The van der Waals surface area contributed by atoms with Crippen LogP contribution in [0.1, 0.15) is 25.1 Å². The van der Waals surface area contributed by atoms with Crippen molar-refractivity contribution in [3.05, 3.63) is 65.9 Å². The number of carboxylic acids is 1. The van der Waals surface area contributed by atoms with Gasteiger partial charge in [-0.2, -0.15) is 4.31 Å². The van der Waals surface area contributed by atoms with Crippen LogP contribution in [0.4, 0.5) is 0 Å². The molecule has 1 aliphatic heterocycles. The van der Waals surface area contributed by atoms with E-state index in [9.17, 15) is 26.7 Å². The Morgan fingerprint density at radius 3 is 2.32 bits per heavy atom. The minimum atomic E-state index is -4.00. The number of piperazine rings is 1. The van der Waals surface area contributed by atoms with Gasteiger partial charge in [-0.05, 0) is 49.2 Å². The molecule has 3 aromatic rings. The summed E-state index contributed by atoms with van der Waals surface area (Å²) in [5.74, 6) is -0.699. The molecule has 0 radical (unpaired) electrons. The van der Waals surface area contributed by atoms with Gasteiger partial charge in [0, 0.05) is 49.4 Å². The number of aliphatic carboxylic acids is 1. The molecular formula is C28H36N4O7S2. The summed E-state index contributed by atoms with van der Waals surface area (Å²) in [5.41, 5.74) is 2.70. The van der Waals surface area contributed by atoms with Crippen molar-refractivity contribution in [2.24, 2.45) is 5.92 Å². The van der Waals surface area contributed by atoms with Crippen molar-refractivity contribution in [3.63, 3.8) is 0 Å². The molecule has 2 N–H and O–H groups in total. The van der Waals surface area contributed by atoms with Crippen LogP contribution in [-0.4, -0.2) is 86.6 Å². The first kappa shape index (κ1) is 30.8. The molecular weight excluding hydrogens is 568 g/mol. The van der Waals surface area contributed by atoms with E-state index in [1.807, 2.05) is 51.1 Å². The van der Waals surface area contributed by atoms with Crippen LogP contribution in [0.2, 0.25) is 0 Å². The Hall–Kier alpha value is -3.10. The van der Waals surface area contributed by atoms with Gasteiger partial charge in [0.25, 0.3) is 0 Å². The Bertz CT molecular complexity index is 1590. The summed E-state index contributed by atoms with van der Waals surface area (Å²) in [5, 5.41) is 10.8. The zero-order valence-electron chi connectivity index (χ0n) is 23.4. The quantitative estimate of drug-likeness (QED) is 0.318. The highest BCUT2D eigenvalue weighted by Crippen LogP contribution is 2.22. The second kappa shape index (κ2) is 12.8. The van der Waals surface area contributed by atoms with Crippen LogP contribution in [0.25, 0.3) is 10.9 Å². The summed E-state index contributed by atoms with van der Waals surface area (Å²) in [6.07, 6.45) is 0. The fourth-order valence-electron chi connectivity index (χ4n) is 4.85. The SMILES string of the molecule is Cc1cc(COc2ccc(S(=O)(=O)NC[C@@H](C(=O)O)N3CCN(S(=O)(=O)CC(C)C)CC3)cc2)c2ccccc2n1. The van der Waals surface area contributed by atoms with E-state index in [1.54, 1.807) is 17.0 Å². The minimum Gasteiger partial charge on any atom is -0.489 e. The number of pyridine rings is 1. The number of aryl methyl sites for hydroxylation is 1. The van der Waals surface area contributed by atoms with Crippen LogP contribution in [0.5, 0.6) is 5.75 Å².